The lowest BCUT2D eigenvalue weighted by Gasteiger charge is -2.07. The Kier molecular flexibility index (Phi) is 3.27. The summed E-state index contributed by atoms with van der Waals surface area (Å²) in [6, 6.07) is 0.692. The molecule has 0 fully saturated rings. The Morgan fingerprint density at radius 3 is 2.62 bits per heavy atom. The number of nitrogens with two attached hydrogens (primary N) is 1. The summed E-state index contributed by atoms with van der Waals surface area (Å²) in [6.07, 6.45) is -2.74. The number of hydrogen-bond donors (Lipinski definition) is 1. The highest BCUT2D eigenvalue weighted by Crippen LogP contribution is 2.27. The van der Waals surface area contributed by atoms with Gasteiger partial charge in [0.05, 0.1) is 0 Å². The molecular formula is C7H6BrF3N2. The smallest absolute Gasteiger partial charge is 0.264 e. The third kappa shape index (κ3) is 2.19. The first-order chi connectivity index (χ1) is 6.06. The molecule has 6 heteroatoms. The molecule has 0 saturated heterocycles. The van der Waals surface area contributed by atoms with Crippen molar-refractivity contribution >= 4 is 15.9 Å². The minimum atomic E-state index is -2.74. The van der Waals surface area contributed by atoms with Crippen LogP contribution in [0, 0.1) is 5.95 Å². The predicted octanol–water partition coefficient (Wildman–Crippen LogP) is 2.38. The van der Waals surface area contributed by atoms with E-state index in [4.69, 9.17) is 5.73 Å². The average molecular weight is 255 g/mol. The third-order valence-electron chi connectivity index (χ3n) is 1.52. The topological polar surface area (TPSA) is 38.9 Å². The van der Waals surface area contributed by atoms with Gasteiger partial charge in [-0.05, 0) is 15.9 Å². The monoisotopic (exact) mass is 254 g/mol. The Hall–Kier alpha value is -0.620. The summed E-state index contributed by atoms with van der Waals surface area (Å²) in [4.78, 5) is 3.32. The van der Waals surface area contributed by atoms with Gasteiger partial charge in [0.25, 0.3) is 6.43 Å². The Labute approximate surface area is 81.1 Å². The van der Waals surface area contributed by atoms with E-state index in [9.17, 15) is 13.2 Å². The first kappa shape index (κ1) is 10.5. The summed E-state index contributed by atoms with van der Waals surface area (Å²) in [7, 11) is 0. The van der Waals surface area contributed by atoms with Crippen LogP contribution in [0.2, 0.25) is 0 Å². The van der Waals surface area contributed by atoms with Crippen LogP contribution < -0.4 is 5.73 Å². The summed E-state index contributed by atoms with van der Waals surface area (Å²) >= 11 is 2.86. The van der Waals surface area contributed by atoms with Gasteiger partial charge in [-0.2, -0.15) is 4.39 Å². The van der Waals surface area contributed by atoms with E-state index in [0.29, 0.717) is 6.07 Å². The van der Waals surface area contributed by atoms with Crippen LogP contribution in [0.4, 0.5) is 13.2 Å². The highest BCUT2D eigenvalue weighted by molar-refractivity contribution is 9.10. The number of rotatable bonds is 2. The molecule has 0 saturated carbocycles. The van der Waals surface area contributed by atoms with E-state index in [1.807, 2.05) is 0 Å². The van der Waals surface area contributed by atoms with Crippen molar-refractivity contribution in [3.63, 3.8) is 0 Å². The Balaban J connectivity index is 3.29. The lowest BCUT2D eigenvalue weighted by atomic mass is 10.1. The van der Waals surface area contributed by atoms with Crippen LogP contribution in [0.15, 0.2) is 10.7 Å². The first-order valence-electron chi connectivity index (χ1n) is 3.39. The van der Waals surface area contributed by atoms with E-state index in [0.717, 1.165) is 0 Å². The molecule has 13 heavy (non-hydrogen) atoms. The van der Waals surface area contributed by atoms with Gasteiger partial charge in [0.1, 0.15) is 4.60 Å². The molecule has 2 nitrogen and oxygen atoms in total. The molecule has 0 unspecified atom stereocenters. The minimum Gasteiger partial charge on any atom is -0.326 e. The van der Waals surface area contributed by atoms with Gasteiger partial charge in [-0.25, -0.2) is 13.8 Å². The second-order valence-electron chi connectivity index (χ2n) is 2.31. The zero-order chi connectivity index (χ0) is 10.0. The van der Waals surface area contributed by atoms with Crippen LogP contribution in [0.25, 0.3) is 0 Å². The maximum absolute atomic E-state index is 12.6. The van der Waals surface area contributed by atoms with Crippen LogP contribution in [-0.4, -0.2) is 4.98 Å². The van der Waals surface area contributed by atoms with Crippen LogP contribution in [0.3, 0.4) is 0 Å². The van der Waals surface area contributed by atoms with Crippen molar-refractivity contribution in [2.24, 2.45) is 5.73 Å². The molecule has 0 amide bonds. The van der Waals surface area contributed by atoms with Gasteiger partial charge in [-0.15, -0.1) is 0 Å². The molecule has 0 atom stereocenters. The van der Waals surface area contributed by atoms with Gasteiger partial charge in [-0.1, -0.05) is 0 Å². The van der Waals surface area contributed by atoms with Crippen molar-refractivity contribution in [3.05, 3.63) is 27.7 Å². The first-order valence-corrected chi connectivity index (χ1v) is 4.18. The van der Waals surface area contributed by atoms with E-state index in [1.165, 1.54) is 0 Å². The highest BCUT2D eigenvalue weighted by Gasteiger charge is 2.16. The number of nitrogens with zero attached hydrogens (tertiary/aromatic N) is 1. The molecule has 0 aliphatic carbocycles. The number of halogens is 4. The van der Waals surface area contributed by atoms with Crippen LogP contribution >= 0.6 is 15.9 Å². The lowest BCUT2D eigenvalue weighted by Crippen LogP contribution is -2.06. The van der Waals surface area contributed by atoms with Gasteiger partial charge in [-0.3, -0.25) is 0 Å². The normalized spacial score (nSPS) is 10.9. The summed E-state index contributed by atoms with van der Waals surface area (Å²) in [5.74, 6) is -0.945. The molecule has 72 valence electrons. The van der Waals surface area contributed by atoms with Gasteiger partial charge < -0.3 is 5.73 Å². The number of alkyl halides is 2. The summed E-state index contributed by atoms with van der Waals surface area (Å²) in [6.45, 7) is -0.104. The Bertz CT molecular complexity index is 317. The van der Waals surface area contributed by atoms with E-state index in [2.05, 4.69) is 20.9 Å². The number of hydrogen-bond acceptors (Lipinski definition) is 2. The molecule has 0 aromatic carbocycles. The van der Waals surface area contributed by atoms with E-state index >= 15 is 0 Å². The Morgan fingerprint density at radius 1 is 1.54 bits per heavy atom. The van der Waals surface area contributed by atoms with Crippen LogP contribution in [-0.2, 0) is 6.54 Å². The lowest BCUT2D eigenvalue weighted by molar-refractivity contribution is 0.149. The van der Waals surface area contributed by atoms with Gasteiger partial charge >= 0.3 is 0 Å². The maximum Gasteiger partial charge on any atom is 0.264 e. The average Bonchev–Trinajstić information content (AvgIpc) is 2.02. The molecule has 0 radical (unpaired) electrons. The Morgan fingerprint density at radius 2 is 2.15 bits per heavy atom. The SMILES string of the molecule is NCc1c(C(F)F)cc(F)nc1Br. The van der Waals surface area contributed by atoms with Crippen molar-refractivity contribution in [1.82, 2.24) is 4.98 Å². The second-order valence-corrected chi connectivity index (χ2v) is 3.06. The summed E-state index contributed by atoms with van der Waals surface area (Å²) in [5, 5.41) is 0. The van der Waals surface area contributed by atoms with E-state index in [-0.39, 0.29) is 16.7 Å². The molecule has 0 bridgehead atoms. The quantitative estimate of drug-likeness (QED) is 0.824. The summed E-state index contributed by atoms with van der Waals surface area (Å²) in [5.41, 5.74) is 4.93. The van der Waals surface area contributed by atoms with Crippen molar-refractivity contribution in [1.29, 1.82) is 0 Å². The standard InChI is InChI=1S/C7H6BrF3N2/c8-6-4(2-12)3(7(10)11)1-5(9)13-6/h1,7H,2,12H2. The van der Waals surface area contributed by atoms with E-state index in [1.54, 1.807) is 0 Å². The molecular weight excluding hydrogens is 249 g/mol. The van der Waals surface area contributed by atoms with Crippen LogP contribution in [0.5, 0.6) is 0 Å². The third-order valence-corrected chi connectivity index (χ3v) is 2.17. The predicted molar refractivity (Wildman–Crippen MR) is 44.7 cm³/mol. The molecule has 1 heterocycles. The zero-order valence-electron chi connectivity index (χ0n) is 6.40. The van der Waals surface area contributed by atoms with Crippen molar-refractivity contribution in [2.75, 3.05) is 0 Å². The number of aromatic nitrogens is 1. The van der Waals surface area contributed by atoms with E-state index < -0.39 is 17.9 Å². The van der Waals surface area contributed by atoms with Crippen molar-refractivity contribution in [2.45, 2.75) is 13.0 Å². The van der Waals surface area contributed by atoms with Gasteiger partial charge in [0, 0.05) is 23.7 Å². The molecule has 1 rings (SSSR count). The minimum absolute atomic E-state index is 0.0327. The van der Waals surface area contributed by atoms with Crippen LogP contribution in [0.1, 0.15) is 17.6 Å². The summed E-state index contributed by atoms with van der Waals surface area (Å²) < 4.78 is 37.2. The largest absolute Gasteiger partial charge is 0.326 e. The van der Waals surface area contributed by atoms with Gasteiger partial charge in [0.2, 0.25) is 5.95 Å². The molecule has 1 aromatic rings. The fourth-order valence-electron chi connectivity index (χ4n) is 0.925. The fraction of sp³-hybridized carbons (Fsp3) is 0.286. The van der Waals surface area contributed by atoms with Gasteiger partial charge in [0.15, 0.2) is 0 Å². The zero-order valence-corrected chi connectivity index (χ0v) is 7.98. The molecule has 0 aliphatic heterocycles. The fourth-order valence-corrected chi connectivity index (χ4v) is 1.49. The molecule has 2 N–H and O–H groups in total. The number of pyridine rings is 1. The second kappa shape index (κ2) is 4.06. The molecule has 0 aliphatic rings. The highest BCUT2D eigenvalue weighted by atomic mass is 79.9. The molecule has 0 spiro atoms. The molecule has 1 aromatic heterocycles. The van der Waals surface area contributed by atoms with Crippen molar-refractivity contribution in [3.8, 4) is 0 Å². The van der Waals surface area contributed by atoms with Crippen molar-refractivity contribution < 1.29 is 13.2 Å². The maximum atomic E-state index is 12.6.